The van der Waals surface area contributed by atoms with Crippen LogP contribution < -0.4 is 0 Å². The summed E-state index contributed by atoms with van der Waals surface area (Å²) in [6, 6.07) is 26.3. The smallest absolute Gasteiger partial charge is 0.194 e. The predicted molar refractivity (Wildman–Crippen MR) is 162 cm³/mol. The van der Waals surface area contributed by atoms with Crippen molar-refractivity contribution < 1.29 is 4.79 Å². The van der Waals surface area contributed by atoms with Crippen LogP contribution in [0.25, 0.3) is 33.4 Å². The number of hydrogen-bond acceptors (Lipinski definition) is 1. The van der Waals surface area contributed by atoms with E-state index in [9.17, 15) is 4.79 Å². The van der Waals surface area contributed by atoms with E-state index in [0.29, 0.717) is 0 Å². The van der Waals surface area contributed by atoms with Crippen molar-refractivity contribution in [2.75, 3.05) is 0 Å². The Morgan fingerprint density at radius 1 is 0.474 bits per heavy atom. The second kappa shape index (κ2) is 9.38. The first-order chi connectivity index (χ1) is 18.0. The average molecular weight is 501 g/mol. The molecule has 0 aliphatic heterocycles. The SMILES string of the molecule is CCc1ccccc1-c1cc2c(cc1C(C)(C)C)-c1cc(C(C)(C)C)c(-c3ccccc3CC)cc1C2=O. The molecule has 5 rings (SSSR count). The van der Waals surface area contributed by atoms with Gasteiger partial charge in [-0.3, -0.25) is 4.79 Å². The Morgan fingerprint density at radius 2 is 0.842 bits per heavy atom. The quantitative estimate of drug-likeness (QED) is 0.240. The molecule has 194 valence electrons. The molecular weight excluding hydrogens is 460 g/mol. The molecule has 0 atom stereocenters. The molecule has 0 radical (unpaired) electrons. The third-order valence-electron chi connectivity index (χ3n) is 8.09. The summed E-state index contributed by atoms with van der Waals surface area (Å²) >= 11 is 0. The highest BCUT2D eigenvalue weighted by Gasteiger charge is 2.34. The summed E-state index contributed by atoms with van der Waals surface area (Å²) in [6.07, 6.45) is 1.92. The van der Waals surface area contributed by atoms with Crippen molar-refractivity contribution in [3.8, 4) is 33.4 Å². The molecule has 38 heavy (non-hydrogen) atoms. The molecule has 0 fully saturated rings. The Balaban J connectivity index is 1.81. The number of benzene rings is 4. The molecule has 4 aromatic carbocycles. The van der Waals surface area contributed by atoms with Crippen molar-refractivity contribution in [3.63, 3.8) is 0 Å². The zero-order chi connectivity index (χ0) is 27.4. The van der Waals surface area contributed by atoms with Crippen molar-refractivity contribution in [3.05, 3.63) is 106 Å². The van der Waals surface area contributed by atoms with Crippen LogP contribution in [0.2, 0.25) is 0 Å². The first-order valence-electron chi connectivity index (χ1n) is 14.0. The van der Waals surface area contributed by atoms with Crippen LogP contribution in [0.4, 0.5) is 0 Å². The van der Waals surface area contributed by atoms with E-state index in [-0.39, 0.29) is 16.6 Å². The number of aryl methyl sites for hydroxylation is 2. The van der Waals surface area contributed by atoms with Crippen LogP contribution >= 0.6 is 0 Å². The molecule has 1 aliphatic carbocycles. The zero-order valence-electron chi connectivity index (χ0n) is 24.3. The largest absolute Gasteiger partial charge is 0.289 e. The fourth-order valence-electron chi connectivity index (χ4n) is 6.04. The number of rotatable bonds is 4. The molecule has 0 N–H and O–H groups in total. The van der Waals surface area contributed by atoms with Crippen LogP contribution in [0.15, 0.2) is 72.8 Å². The lowest BCUT2D eigenvalue weighted by atomic mass is 9.77. The van der Waals surface area contributed by atoms with Gasteiger partial charge in [-0.1, -0.05) is 104 Å². The normalized spacial score (nSPS) is 13.0. The lowest BCUT2D eigenvalue weighted by molar-refractivity contribution is 0.104. The average Bonchev–Trinajstić information content (AvgIpc) is 3.16. The van der Waals surface area contributed by atoms with Gasteiger partial charge in [0.15, 0.2) is 5.78 Å². The third kappa shape index (κ3) is 4.33. The summed E-state index contributed by atoms with van der Waals surface area (Å²) in [4.78, 5) is 14.1. The predicted octanol–water partition coefficient (Wildman–Crippen LogP) is 9.95. The van der Waals surface area contributed by atoms with Gasteiger partial charge in [0.2, 0.25) is 0 Å². The number of carbonyl (C=O) groups excluding carboxylic acids is 1. The maximum atomic E-state index is 14.1. The zero-order valence-corrected chi connectivity index (χ0v) is 24.3. The Bertz CT molecular complexity index is 1440. The minimum Gasteiger partial charge on any atom is -0.289 e. The van der Waals surface area contributed by atoms with Crippen LogP contribution in [0, 0.1) is 0 Å². The number of fused-ring (bicyclic) bond motifs is 3. The van der Waals surface area contributed by atoms with Gasteiger partial charge >= 0.3 is 0 Å². The molecule has 1 heteroatoms. The van der Waals surface area contributed by atoms with Gasteiger partial charge in [0.05, 0.1) is 0 Å². The van der Waals surface area contributed by atoms with E-state index in [1.165, 1.54) is 44.5 Å². The lowest BCUT2D eigenvalue weighted by Gasteiger charge is -2.26. The second-order valence-corrected chi connectivity index (χ2v) is 12.7. The van der Waals surface area contributed by atoms with Gasteiger partial charge in [0.25, 0.3) is 0 Å². The van der Waals surface area contributed by atoms with E-state index in [2.05, 4.69) is 128 Å². The molecule has 1 nitrogen and oxygen atoms in total. The van der Waals surface area contributed by atoms with Crippen molar-refractivity contribution in [1.29, 1.82) is 0 Å². The molecule has 1 aliphatic rings. The van der Waals surface area contributed by atoms with Crippen LogP contribution in [-0.2, 0) is 23.7 Å². The molecule has 0 aromatic heterocycles. The Kier molecular flexibility index (Phi) is 6.46. The van der Waals surface area contributed by atoms with E-state index >= 15 is 0 Å². The minimum atomic E-state index is -0.0656. The standard InChI is InChI=1S/C37H40O/c1-9-23-15-11-13-17-25(23)29-19-31-27(21-33(29)36(3,4)5)28-22-34(37(6,7)8)30(20-32(28)35(31)38)26-18-14-12-16-24(26)10-2/h11-22H,9-10H2,1-8H3. The summed E-state index contributed by atoms with van der Waals surface area (Å²) in [7, 11) is 0. The highest BCUT2D eigenvalue weighted by atomic mass is 16.1. The van der Waals surface area contributed by atoms with Crippen molar-refractivity contribution >= 4 is 5.78 Å². The summed E-state index contributed by atoms with van der Waals surface area (Å²) in [5.41, 5.74) is 13.7. The third-order valence-corrected chi connectivity index (χ3v) is 8.09. The van der Waals surface area contributed by atoms with Gasteiger partial charge in [-0.15, -0.1) is 0 Å². The van der Waals surface area contributed by atoms with Crippen LogP contribution in [-0.4, -0.2) is 5.78 Å². The van der Waals surface area contributed by atoms with Gasteiger partial charge in [-0.25, -0.2) is 0 Å². The summed E-state index contributed by atoms with van der Waals surface area (Å²) in [6.45, 7) is 18.0. The van der Waals surface area contributed by atoms with E-state index in [0.717, 1.165) is 35.1 Å². The molecule has 0 spiro atoms. The van der Waals surface area contributed by atoms with Crippen LogP contribution in [0.1, 0.15) is 93.6 Å². The van der Waals surface area contributed by atoms with E-state index in [1.807, 2.05) is 0 Å². The highest BCUT2D eigenvalue weighted by Crippen LogP contribution is 2.47. The highest BCUT2D eigenvalue weighted by molar-refractivity contribution is 6.23. The van der Waals surface area contributed by atoms with Crippen LogP contribution in [0.3, 0.4) is 0 Å². The Labute approximate surface area is 229 Å². The first-order valence-corrected chi connectivity index (χ1v) is 14.0. The number of hydrogen-bond donors (Lipinski definition) is 0. The topological polar surface area (TPSA) is 17.1 Å². The number of ketones is 1. The molecule has 0 bridgehead atoms. The molecule has 0 saturated heterocycles. The molecule has 0 unspecified atom stereocenters. The van der Waals surface area contributed by atoms with Gasteiger partial charge in [0.1, 0.15) is 0 Å². The van der Waals surface area contributed by atoms with Crippen molar-refractivity contribution in [1.82, 2.24) is 0 Å². The summed E-state index contributed by atoms with van der Waals surface area (Å²) in [5.74, 6) is 0.140. The molecule has 4 aromatic rings. The number of carbonyl (C=O) groups is 1. The fraction of sp³-hybridized carbons (Fsp3) is 0.324. The van der Waals surface area contributed by atoms with Gasteiger partial charge in [-0.2, -0.15) is 0 Å². The summed E-state index contributed by atoms with van der Waals surface area (Å²) < 4.78 is 0. The van der Waals surface area contributed by atoms with E-state index in [1.54, 1.807) is 0 Å². The monoisotopic (exact) mass is 500 g/mol. The second-order valence-electron chi connectivity index (χ2n) is 12.7. The maximum absolute atomic E-state index is 14.1. The van der Waals surface area contributed by atoms with Crippen molar-refractivity contribution in [2.45, 2.75) is 79.1 Å². The van der Waals surface area contributed by atoms with Gasteiger partial charge in [-0.05, 0) is 104 Å². The van der Waals surface area contributed by atoms with Crippen LogP contribution in [0.5, 0.6) is 0 Å². The molecule has 0 saturated carbocycles. The van der Waals surface area contributed by atoms with Gasteiger partial charge < -0.3 is 0 Å². The maximum Gasteiger partial charge on any atom is 0.194 e. The molecular formula is C37H40O. The minimum absolute atomic E-state index is 0.0656. The summed E-state index contributed by atoms with van der Waals surface area (Å²) in [5, 5.41) is 0. The molecule has 0 heterocycles. The first kappa shape index (κ1) is 26.2. The Hall–Kier alpha value is -3.45. The van der Waals surface area contributed by atoms with E-state index in [4.69, 9.17) is 0 Å². The van der Waals surface area contributed by atoms with Crippen molar-refractivity contribution in [2.24, 2.45) is 0 Å². The Morgan fingerprint density at radius 3 is 1.18 bits per heavy atom. The van der Waals surface area contributed by atoms with Gasteiger partial charge in [0, 0.05) is 11.1 Å². The van der Waals surface area contributed by atoms with E-state index < -0.39 is 0 Å². The lowest BCUT2D eigenvalue weighted by Crippen LogP contribution is -2.14. The fourth-order valence-corrected chi connectivity index (χ4v) is 6.04. The molecule has 0 amide bonds.